The molecule has 4 rings (SSSR count). The van der Waals surface area contributed by atoms with E-state index >= 15 is 0 Å². The van der Waals surface area contributed by atoms with E-state index in [0.717, 1.165) is 17.7 Å². The molecule has 0 aliphatic rings. The van der Waals surface area contributed by atoms with Crippen LogP contribution in [0.5, 0.6) is 0 Å². The highest BCUT2D eigenvalue weighted by atomic mass is 32.1. The molecule has 2 aromatic heterocycles. The van der Waals surface area contributed by atoms with Gasteiger partial charge in [-0.15, -0.1) is 11.3 Å². The molecule has 0 aliphatic carbocycles. The molecule has 4 aromatic rings. The summed E-state index contributed by atoms with van der Waals surface area (Å²) in [6.07, 6.45) is 3.44. The SMILES string of the molecule is CCCCc1ccc(-c2csc(NC(=O)c3nn(C)c(=O)c4ccccc34)n2)cc1. The van der Waals surface area contributed by atoms with Gasteiger partial charge in [-0.3, -0.25) is 14.9 Å². The first kappa shape index (κ1) is 20.0. The summed E-state index contributed by atoms with van der Waals surface area (Å²) in [6.45, 7) is 2.19. The van der Waals surface area contributed by atoms with Gasteiger partial charge >= 0.3 is 0 Å². The van der Waals surface area contributed by atoms with Crippen molar-refractivity contribution in [1.29, 1.82) is 0 Å². The van der Waals surface area contributed by atoms with Gasteiger partial charge in [-0.05, 0) is 24.5 Å². The molecule has 0 aliphatic heterocycles. The first-order chi connectivity index (χ1) is 14.6. The fourth-order valence-electron chi connectivity index (χ4n) is 3.31. The predicted molar refractivity (Wildman–Crippen MR) is 121 cm³/mol. The zero-order valence-corrected chi connectivity index (χ0v) is 17.7. The van der Waals surface area contributed by atoms with Crippen LogP contribution in [0.25, 0.3) is 22.0 Å². The second kappa shape index (κ2) is 8.59. The van der Waals surface area contributed by atoms with Crippen molar-refractivity contribution in [2.75, 3.05) is 5.32 Å². The van der Waals surface area contributed by atoms with E-state index in [4.69, 9.17) is 0 Å². The molecule has 152 valence electrons. The minimum atomic E-state index is -0.391. The van der Waals surface area contributed by atoms with Gasteiger partial charge in [0.15, 0.2) is 10.8 Å². The third kappa shape index (κ3) is 4.02. The lowest BCUT2D eigenvalue weighted by Gasteiger charge is -2.07. The van der Waals surface area contributed by atoms with Crippen LogP contribution >= 0.6 is 11.3 Å². The van der Waals surface area contributed by atoms with Crippen LogP contribution in [0, 0.1) is 0 Å². The molecule has 7 heteroatoms. The molecule has 0 spiro atoms. The number of carbonyl (C=O) groups excluding carboxylic acids is 1. The summed E-state index contributed by atoms with van der Waals surface area (Å²) in [5, 5.41) is 10.4. The Kier molecular flexibility index (Phi) is 5.72. The zero-order valence-electron chi connectivity index (χ0n) is 16.9. The Labute approximate surface area is 178 Å². The lowest BCUT2D eigenvalue weighted by atomic mass is 10.1. The third-order valence-electron chi connectivity index (χ3n) is 4.96. The first-order valence-electron chi connectivity index (χ1n) is 9.89. The van der Waals surface area contributed by atoms with Gasteiger partial charge in [-0.2, -0.15) is 5.10 Å². The highest BCUT2D eigenvalue weighted by molar-refractivity contribution is 7.14. The standard InChI is InChI=1S/C23H22N4O2S/c1-3-4-7-15-10-12-16(13-11-15)19-14-30-23(24-19)25-21(28)20-17-8-5-6-9-18(17)22(29)27(2)26-20/h5-6,8-14H,3-4,7H2,1-2H3,(H,24,25,28). The number of benzene rings is 2. The van der Waals surface area contributed by atoms with Gasteiger partial charge in [0.25, 0.3) is 11.5 Å². The van der Waals surface area contributed by atoms with Gasteiger partial charge in [0.05, 0.1) is 11.1 Å². The Morgan fingerprint density at radius 2 is 1.83 bits per heavy atom. The number of hydrogen-bond donors (Lipinski definition) is 1. The molecule has 0 radical (unpaired) electrons. The van der Waals surface area contributed by atoms with Crippen molar-refractivity contribution >= 4 is 33.1 Å². The average molecular weight is 419 g/mol. The van der Waals surface area contributed by atoms with E-state index in [-0.39, 0.29) is 11.3 Å². The van der Waals surface area contributed by atoms with Crippen LogP contribution in [0.1, 0.15) is 35.8 Å². The van der Waals surface area contributed by atoms with Crippen LogP contribution in [-0.2, 0) is 13.5 Å². The summed E-state index contributed by atoms with van der Waals surface area (Å²) >= 11 is 1.36. The summed E-state index contributed by atoms with van der Waals surface area (Å²) in [7, 11) is 1.54. The molecular formula is C23H22N4O2S. The summed E-state index contributed by atoms with van der Waals surface area (Å²) < 4.78 is 1.19. The molecule has 6 nitrogen and oxygen atoms in total. The van der Waals surface area contributed by atoms with Gasteiger partial charge in [0.1, 0.15) is 0 Å². The monoisotopic (exact) mass is 418 g/mol. The van der Waals surface area contributed by atoms with Crippen LogP contribution in [-0.4, -0.2) is 20.7 Å². The molecule has 1 amide bonds. The average Bonchev–Trinajstić information content (AvgIpc) is 3.23. The number of fused-ring (bicyclic) bond motifs is 1. The van der Waals surface area contributed by atoms with E-state index in [1.807, 2.05) is 5.38 Å². The number of unbranched alkanes of at least 4 members (excludes halogenated alkanes) is 1. The maximum absolute atomic E-state index is 12.9. The van der Waals surface area contributed by atoms with Gasteiger partial charge in [0, 0.05) is 23.4 Å². The van der Waals surface area contributed by atoms with Gasteiger partial charge in [-0.1, -0.05) is 55.8 Å². The molecule has 0 saturated heterocycles. The lowest BCUT2D eigenvalue weighted by Crippen LogP contribution is -2.25. The topological polar surface area (TPSA) is 76.9 Å². The van der Waals surface area contributed by atoms with Crippen LogP contribution in [0.15, 0.2) is 58.7 Å². The molecule has 2 heterocycles. The van der Waals surface area contributed by atoms with Crippen LogP contribution in [0.2, 0.25) is 0 Å². The summed E-state index contributed by atoms with van der Waals surface area (Å²) in [5.41, 5.74) is 3.11. The quantitative estimate of drug-likeness (QED) is 0.494. The second-order valence-electron chi connectivity index (χ2n) is 7.12. The normalized spacial score (nSPS) is 11.0. The molecule has 0 fully saturated rings. The predicted octanol–water partition coefficient (Wildman–Crippen LogP) is 4.65. The number of nitrogens with one attached hydrogen (secondary N) is 1. The Morgan fingerprint density at radius 3 is 2.57 bits per heavy atom. The first-order valence-corrected chi connectivity index (χ1v) is 10.8. The van der Waals surface area contributed by atoms with Gasteiger partial charge in [0.2, 0.25) is 0 Å². The maximum atomic E-state index is 12.9. The summed E-state index contributed by atoms with van der Waals surface area (Å²) in [4.78, 5) is 29.7. The Balaban J connectivity index is 1.56. The van der Waals surface area contributed by atoms with Crippen molar-refractivity contribution in [1.82, 2.24) is 14.8 Å². The van der Waals surface area contributed by atoms with E-state index in [9.17, 15) is 9.59 Å². The van der Waals surface area contributed by atoms with Gasteiger partial charge in [-0.25, -0.2) is 9.67 Å². The summed E-state index contributed by atoms with van der Waals surface area (Å²) in [6, 6.07) is 15.4. The number of rotatable bonds is 6. The third-order valence-corrected chi connectivity index (χ3v) is 5.72. The van der Waals surface area contributed by atoms with Crippen molar-refractivity contribution in [3.8, 4) is 11.3 Å². The number of aryl methyl sites for hydroxylation is 2. The molecule has 0 unspecified atom stereocenters. The van der Waals surface area contributed by atoms with E-state index < -0.39 is 5.91 Å². The largest absolute Gasteiger partial charge is 0.296 e. The Morgan fingerprint density at radius 1 is 1.10 bits per heavy atom. The number of nitrogens with zero attached hydrogens (tertiary/aromatic N) is 3. The van der Waals surface area contributed by atoms with Crippen molar-refractivity contribution < 1.29 is 4.79 Å². The molecule has 1 N–H and O–H groups in total. The lowest BCUT2D eigenvalue weighted by molar-refractivity contribution is 0.102. The smallest absolute Gasteiger partial charge is 0.278 e. The van der Waals surface area contributed by atoms with Crippen LogP contribution in [0.4, 0.5) is 5.13 Å². The number of hydrogen-bond acceptors (Lipinski definition) is 5. The minimum Gasteiger partial charge on any atom is -0.296 e. The van der Waals surface area contributed by atoms with Crippen molar-refractivity contribution in [2.24, 2.45) is 7.05 Å². The fourth-order valence-corrected chi connectivity index (χ4v) is 4.03. The second-order valence-corrected chi connectivity index (χ2v) is 7.97. The van der Waals surface area contributed by atoms with E-state index in [1.165, 1.54) is 41.5 Å². The molecular weight excluding hydrogens is 396 g/mol. The number of aromatic nitrogens is 3. The number of anilines is 1. The van der Waals surface area contributed by atoms with E-state index in [1.54, 1.807) is 24.3 Å². The maximum Gasteiger partial charge on any atom is 0.278 e. The number of amides is 1. The van der Waals surface area contributed by atoms with Crippen LogP contribution < -0.4 is 10.9 Å². The van der Waals surface area contributed by atoms with Crippen molar-refractivity contribution in [3.05, 3.63) is 75.5 Å². The van der Waals surface area contributed by atoms with Gasteiger partial charge < -0.3 is 0 Å². The molecule has 0 saturated carbocycles. The van der Waals surface area contributed by atoms with Crippen molar-refractivity contribution in [2.45, 2.75) is 26.2 Å². The Hall–Kier alpha value is -3.32. The highest BCUT2D eigenvalue weighted by Gasteiger charge is 2.17. The minimum absolute atomic E-state index is 0.199. The summed E-state index contributed by atoms with van der Waals surface area (Å²) in [5.74, 6) is -0.391. The number of carbonyl (C=O) groups is 1. The number of thiazole rings is 1. The Bertz CT molecular complexity index is 1260. The van der Waals surface area contributed by atoms with E-state index in [2.05, 4.69) is 46.6 Å². The fraction of sp³-hybridized carbons (Fsp3) is 0.217. The highest BCUT2D eigenvalue weighted by Crippen LogP contribution is 2.26. The molecule has 0 bridgehead atoms. The molecule has 2 aromatic carbocycles. The van der Waals surface area contributed by atoms with E-state index in [0.29, 0.717) is 15.9 Å². The van der Waals surface area contributed by atoms with Crippen LogP contribution in [0.3, 0.4) is 0 Å². The molecule has 0 atom stereocenters. The zero-order chi connectivity index (χ0) is 21.1. The van der Waals surface area contributed by atoms with Crippen molar-refractivity contribution in [3.63, 3.8) is 0 Å². The molecule has 30 heavy (non-hydrogen) atoms.